The Kier molecular flexibility index (Phi) is 2.83. The molecule has 2 aromatic rings. The minimum atomic E-state index is -0.754. The van der Waals surface area contributed by atoms with Gasteiger partial charge in [0.1, 0.15) is 6.33 Å². The van der Waals surface area contributed by atoms with Crippen LogP contribution in [-0.2, 0) is 11.3 Å². The summed E-state index contributed by atoms with van der Waals surface area (Å²) in [5.41, 5.74) is 4.61. The molecule has 9 nitrogen and oxygen atoms in total. The maximum atomic E-state index is 11.8. The first kappa shape index (κ1) is 11.2. The number of fused-ring (bicyclic) bond motifs is 1. The highest BCUT2D eigenvalue weighted by molar-refractivity contribution is 5.96. The van der Waals surface area contributed by atoms with E-state index in [0.717, 1.165) is 9.08 Å². The van der Waals surface area contributed by atoms with E-state index in [1.54, 1.807) is 0 Å². The summed E-state index contributed by atoms with van der Waals surface area (Å²) in [6, 6.07) is 0. The molecule has 2 N–H and O–H groups in total. The van der Waals surface area contributed by atoms with Crippen molar-refractivity contribution < 1.29 is 9.53 Å². The highest BCUT2D eigenvalue weighted by Crippen LogP contribution is 2.00. The van der Waals surface area contributed by atoms with E-state index in [2.05, 4.69) is 15.3 Å². The van der Waals surface area contributed by atoms with Gasteiger partial charge >= 0.3 is 5.69 Å². The topological polar surface area (TPSA) is 117 Å². The molecule has 17 heavy (non-hydrogen) atoms. The summed E-state index contributed by atoms with van der Waals surface area (Å²) in [6.07, 6.45) is 1.19. The van der Waals surface area contributed by atoms with Gasteiger partial charge in [-0.2, -0.15) is 4.68 Å². The van der Waals surface area contributed by atoms with Crippen LogP contribution in [0.2, 0.25) is 0 Å². The summed E-state index contributed by atoms with van der Waals surface area (Å²) in [5.74, 6) is -0.754. The normalized spacial score (nSPS) is 10.9. The number of ether oxygens (including phenoxy) is 1. The van der Waals surface area contributed by atoms with Crippen LogP contribution in [0, 0.1) is 0 Å². The Morgan fingerprint density at radius 3 is 3.00 bits per heavy atom. The summed E-state index contributed by atoms with van der Waals surface area (Å²) in [4.78, 5) is 26.6. The fourth-order valence-corrected chi connectivity index (χ4v) is 1.33. The van der Waals surface area contributed by atoms with Gasteiger partial charge in [-0.15, -0.1) is 5.10 Å². The second-order valence-electron chi connectivity index (χ2n) is 3.24. The van der Waals surface area contributed by atoms with E-state index in [-0.39, 0.29) is 17.9 Å². The van der Waals surface area contributed by atoms with Crippen molar-refractivity contribution in [2.45, 2.75) is 6.54 Å². The Hall–Kier alpha value is -2.29. The molecule has 0 bridgehead atoms. The molecule has 0 unspecified atom stereocenters. The van der Waals surface area contributed by atoms with Gasteiger partial charge in [-0.25, -0.2) is 14.2 Å². The molecule has 2 heterocycles. The van der Waals surface area contributed by atoms with Gasteiger partial charge in [-0.05, 0) is 0 Å². The minimum absolute atomic E-state index is 0.0520. The fraction of sp³-hybridized carbons (Fsp3) is 0.375. The number of amides is 1. The summed E-state index contributed by atoms with van der Waals surface area (Å²) in [5, 5.41) is 7.40. The zero-order chi connectivity index (χ0) is 12.4. The van der Waals surface area contributed by atoms with E-state index in [1.807, 2.05) is 0 Å². The molecule has 0 fully saturated rings. The molecule has 0 saturated heterocycles. The quantitative estimate of drug-likeness (QED) is 0.660. The number of aromatic nitrogens is 5. The summed E-state index contributed by atoms with van der Waals surface area (Å²) in [7, 11) is 1.51. The van der Waals surface area contributed by atoms with Crippen molar-refractivity contribution in [3.8, 4) is 0 Å². The molecule has 0 aliphatic heterocycles. The number of carbonyl (C=O) groups excluding carboxylic acids is 1. The van der Waals surface area contributed by atoms with E-state index in [4.69, 9.17) is 10.5 Å². The zero-order valence-electron chi connectivity index (χ0n) is 9.03. The van der Waals surface area contributed by atoms with Crippen molar-refractivity contribution >= 4 is 11.6 Å². The van der Waals surface area contributed by atoms with Gasteiger partial charge < -0.3 is 10.5 Å². The van der Waals surface area contributed by atoms with Gasteiger partial charge in [-0.3, -0.25) is 4.79 Å². The van der Waals surface area contributed by atoms with Crippen LogP contribution in [0.15, 0.2) is 11.1 Å². The highest BCUT2D eigenvalue weighted by atomic mass is 16.5. The third kappa shape index (κ3) is 1.87. The van der Waals surface area contributed by atoms with Crippen LogP contribution in [0.25, 0.3) is 5.65 Å². The van der Waals surface area contributed by atoms with Crippen molar-refractivity contribution in [1.82, 2.24) is 24.4 Å². The lowest BCUT2D eigenvalue weighted by molar-refractivity contribution is 0.0997. The number of nitrogens with zero attached hydrogens (tertiary/aromatic N) is 5. The summed E-state index contributed by atoms with van der Waals surface area (Å²) >= 11 is 0. The molecule has 0 radical (unpaired) electrons. The van der Waals surface area contributed by atoms with Crippen LogP contribution < -0.4 is 11.4 Å². The average molecular weight is 238 g/mol. The zero-order valence-corrected chi connectivity index (χ0v) is 9.03. The Morgan fingerprint density at radius 1 is 1.59 bits per heavy atom. The van der Waals surface area contributed by atoms with Crippen LogP contribution in [0.4, 0.5) is 0 Å². The maximum absolute atomic E-state index is 11.8. The Morgan fingerprint density at radius 2 is 2.35 bits per heavy atom. The van der Waals surface area contributed by atoms with Crippen LogP contribution in [-0.4, -0.2) is 44.0 Å². The molecule has 2 aromatic heterocycles. The van der Waals surface area contributed by atoms with Gasteiger partial charge in [0.15, 0.2) is 11.3 Å². The monoisotopic (exact) mass is 238 g/mol. The van der Waals surface area contributed by atoms with E-state index >= 15 is 0 Å². The molecule has 0 aliphatic rings. The standard InChI is InChI=1S/C8H10N6O3/c1-17-3-2-14-8(16)13-4-10-5(6(9)15)7(13)11-12-14/h4H,2-3H2,1H3,(H2,9,15). The molecule has 0 saturated carbocycles. The average Bonchev–Trinajstić information content (AvgIpc) is 2.73. The fourth-order valence-electron chi connectivity index (χ4n) is 1.33. The predicted octanol–water partition coefficient (Wildman–Crippen LogP) is -1.97. The van der Waals surface area contributed by atoms with Crippen LogP contribution in [0.1, 0.15) is 10.5 Å². The van der Waals surface area contributed by atoms with Crippen LogP contribution >= 0.6 is 0 Å². The first-order valence-electron chi connectivity index (χ1n) is 4.74. The molecule has 0 aromatic carbocycles. The van der Waals surface area contributed by atoms with Crippen molar-refractivity contribution in [3.63, 3.8) is 0 Å². The van der Waals surface area contributed by atoms with E-state index in [9.17, 15) is 9.59 Å². The molecule has 0 aliphatic carbocycles. The lowest BCUT2D eigenvalue weighted by Crippen LogP contribution is -2.31. The molecule has 1 amide bonds. The third-order valence-electron chi connectivity index (χ3n) is 2.16. The van der Waals surface area contributed by atoms with E-state index in [0.29, 0.717) is 6.61 Å². The number of imidazole rings is 1. The third-order valence-corrected chi connectivity index (χ3v) is 2.16. The lowest BCUT2D eigenvalue weighted by Gasteiger charge is -2.02. The Balaban J connectivity index is 2.54. The van der Waals surface area contributed by atoms with E-state index < -0.39 is 11.6 Å². The van der Waals surface area contributed by atoms with Gasteiger partial charge in [0.05, 0.1) is 13.2 Å². The molecule has 90 valence electrons. The number of primary amides is 1. The Bertz CT molecular complexity index is 615. The van der Waals surface area contributed by atoms with Gasteiger partial charge in [0.25, 0.3) is 5.91 Å². The van der Waals surface area contributed by atoms with Gasteiger partial charge in [0, 0.05) is 7.11 Å². The number of hydrogen-bond donors (Lipinski definition) is 1. The smallest absolute Gasteiger partial charge is 0.353 e. The van der Waals surface area contributed by atoms with Gasteiger partial charge in [0.2, 0.25) is 0 Å². The second kappa shape index (κ2) is 4.29. The second-order valence-corrected chi connectivity index (χ2v) is 3.24. The molecule has 0 atom stereocenters. The van der Waals surface area contributed by atoms with Crippen LogP contribution in [0.5, 0.6) is 0 Å². The molecular formula is C8H10N6O3. The SMILES string of the molecule is COCCn1nnc2c(C(N)=O)ncn2c1=O. The van der Waals surface area contributed by atoms with Crippen LogP contribution in [0.3, 0.4) is 0 Å². The molecule has 0 spiro atoms. The number of nitrogens with two attached hydrogens (primary N) is 1. The van der Waals surface area contributed by atoms with Crippen molar-refractivity contribution in [2.75, 3.05) is 13.7 Å². The largest absolute Gasteiger partial charge is 0.383 e. The number of rotatable bonds is 4. The van der Waals surface area contributed by atoms with E-state index in [1.165, 1.54) is 13.4 Å². The summed E-state index contributed by atoms with van der Waals surface area (Å²) < 4.78 is 7.06. The number of carbonyl (C=O) groups is 1. The van der Waals surface area contributed by atoms with Gasteiger partial charge in [-0.1, -0.05) is 5.21 Å². The van der Waals surface area contributed by atoms with Crippen molar-refractivity contribution in [3.05, 3.63) is 22.5 Å². The van der Waals surface area contributed by atoms with Crippen molar-refractivity contribution in [1.29, 1.82) is 0 Å². The summed E-state index contributed by atoms with van der Waals surface area (Å²) in [6.45, 7) is 0.597. The molecular weight excluding hydrogens is 228 g/mol. The highest BCUT2D eigenvalue weighted by Gasteiger charge is 2.14. The first-order chi connectivity index (χ1) is 8.15. The number of hydrogen-bond acceptors (Lipinski definition) is 6. The minimum Gasteiger partial charge on any atom is -0.383 e. The Labute approximate surface area is 94.8 Å². The van der Waals surface area contributed by atoms with Crippen molar-refractivity contribution in [2.24, 2.45) is 5.73 Å². The first-order valence-corrected chi connectivity index (χ1v) is 4.74. The number of methoxy groups -OCH3 is 1. The lowest BCUT2D eigenvalue weighted by atomic mass is 10.4. The molecule has 2 rings (SSSR count). The maximum Gasteiger partial charge on any atom is 0.353 e. The predicted molar refractivity (Wildman–Crippen MR) is 55.4 cm³/mol. The molecule has 9 heteroatoms.